The summed E-state index contributed by atoms with van der Waals surface area (Å²) in [4.78, 5) is 0. The van der Waals surface area contributed by atoms with Gasteiger partial charge in [-0.25, -0.2) is 0 Å². The van der Waals surface area contributed by atoms with Crippen molar-refractivity contribution in [2.45, 2.75) is 19.8 Å². The van der Waals surface area contributed by atoms with Crippen molar-refractivity contribution in [1.82, 2.24) is 0 Å². The normalized spacial score (nSPS) is 19.4. The zero-order chi connectivity index (χ0) is 9.97. The van der Waals surface area contributed by atoms with Gasteiger partial charge in [-0.15, -0.1) is 0 Å². The van der Waals surface area contributed by atoms with Crippen LogP contribution in [0.5, 0.6) is 0 Å². The van der Waals surface area contributed by atoms with E-state index in [-0.39, 0.29) is 0 Å². The lowest BCUT2D eigenvalue weighted by atomic mass is 9.88. The molecule has 0 aromatic heterocycles. The average molecular weight is 187 g/mol. The van der Waals surface area contributed by atoms with Gasteiger partial charge in [0.1, 0.15) is 0 Å². The third kappa shape index (κ3) is 1.73. The molecule has 0 amide bonds. The van der Waals surface area contributed by atoms with Crippen molar-refractivity contribution < 1.29 is 0 Å². The fourth-order valence-electron chi connectivity index (χ4n) is 1.96. The summed E-state index contributed by atoms with van der Waals surface area (Å²) in [6.45, 7) is 2.95. The van der Waals surface area contributed by atoms with Crippen LogP contribution in [0.25, 0.3) is 6.08 Å². The summed E-state index contributed by atoms with van der Waals surface area (Å²) in [7, 11) is 0. The number of hydrogen-bond acceptors (Lipinski definition) is 1. The number of rotatable bonds is 2. The molecule has 74 valence electrons. The highest BCUT2D eigenvalue weighted by molar-refractivity contribution is 5.58. The van der Waals surface area contributed by atoms with Crippen LogP contribution in [-0.2, 0) is 12.8 Å². The van der Waals surface area contributed by atoms with E-state index in [1.807, 2.05) is 0 Å². The van der Waals surface area contributed by atoms with Crippen molar-refractivity contribution in [3.05, 3.63) is 41.0 Å². The smallest absolute Gasteiger partial charge is 0.00109 e. The van der Waals surface area contributed by atoms with Gasteiger partial charge in [-0.1, -0.05) is 37.3 Å². The molecule has 0 aliphatic heterocycles. The maximum absolute atomic E-state index is 5.67. The van der Waals surface area contributed by atoms with Crippen LogP contribution >= 0.6 is 0 Å². The molecule has 0 radical (unpaired) electrons. The lowest BCUT2D eigenvalue weighted by Crippen LogP contribution is -2.17. The van der Waals surface area contributed by atoms with Crippen LogP contribution in [0, 0.1) is 5.92 Å². The number of nitrogens with two attached hydrogens (primary N) is 1. The highest BCUT2D eigenvalue weighted by Crippen LogP contribution is 2.23. The Morgan fingerprint density at radius 2 is 2.29 bits per heavy atom. The Hall–Kier alpha value is -1.08. The second-order valence-electron chi connectivity index (χ2n) is 3.95. The zero-order valence-corrected chi connectivity index (χ0v) is 8.66. The lowest BCUT2D eigenvalue weighted by Gasteiger charge is -2.18. The summed E-state index contributed by atoms with van der Waals surface area (Å²) in [5.74, 6) is 0.537. The Morgan fingerprint density at radius 3 is 3.00 bits per heavy atom. The van der Waals surface area contributed by atoms with Gasteiger partial charge >= 0.3 is 0 Å². The lowest BCUT2D eigenvalue weighted by molar-refractivity contribution is 0.655. The summed E-state index contributed by atoms with van der Waals surface area (Å²) >= 11 is 0. The Balaban J connectivity index is 2.31. The van der Waals surface area contributed by atoms with Crippen LogP contribution in [0.2, 0.25) is 0 Å². The highest BCUT2D eigenvalue weighted by Gasteiger charge is 2.11. The second kappa shape index (κ2) is 3.97. The average Bonchev–Trinajstić information content (AvgIpc) is 2.27. The minimum Gasteiger partial charge on any atom is -0.330 e. The van der Waals surface area contributed by atoms with Crippen LogP contribution in [0.15, 0.2) is 24.3 Å². The molecule has 1 aromatic carbocycles. The summed E-state index contributed by atoms with van der Waals surface area (Å²) in [5.41, 5.74) is 9.91. The number of aryl methyl sites for hydroxylation is 1. The monoisotopic (exact) mass is 187 g/mol. The first kappa shape index (κ1) is 9.47. The summed E-state index contributed by atoms with van der Waals surface area (Å²) in [6, 6.07) is 6.77. The van der Waals surface area contributed by atoms with Gasteiger partial charge in [0.15, 0.2) is 0 Å². The molecule has 0 spiro atoms. The van der Waals surface area contributed by atoms with E-state index in [4.69, 9.17) is 5.73 Å². The predicted octanol–water partition coefficient (Wildman–Crippen LogP) is 2.39. The molecule has 1 unspecified atom stereocenters. The van der Waals surface area contributed by atoms with Crippen molar-refractivity contribution >= 4 is 6.08 Å². The molecule has 0 saturated heterocycles. The van der Waals surface area contributed by atoms with E-state index in [2.05, 4.69) is 37.3 Å². The van der Waals surface area contributed by atoms with Crippen molar-refractivity contribution in [2.75, 3.05) is 6.54 Å². The van der Waals surface area contributed by atoms with Crippen LogP contribution in [0.3, 0.4) is 0 Å². The summed E-state index contributed by atoms with van der Waals surface area (Å²) < 4.78 is 0. The molecule has 0 bridgehead atoms. The molecule has 1 aliphatic carbocycles. The maximum atomic E-state index is 5.67. The quantitative estimate of drug-likeness (QED) is 0.756. The van der Waals surface area contributed by atoms with Crippen molar-refractivity contribution in [2.24, 2.45) is 11.7 Å². The molecule has 1 aliphatic rings. The maximum Gasteiger partial charge on any atom is -0.00109 e. The van der Waals surface area contributed by atoms with Crippen LogP contribution in [0.4, 0.5) is 0 Å². The van der Waals surface area contributed by atoms with Gasteiger partial charge in [0, 0.05) is 0 Å². The first-order chi connectivity index (χ1) is 6.83. The van der Waals surface area contributed by atoms with E-state index in [9.17, 15) is 0 Å². The van der Waals surface area contributed by atoms with Gasteiger partial charge in [0.25, 0.3) is 0 Å². The molecule has 0 saturated carbocycles. The first-order valence-electron chi connectivity index (χ1n) is 5.33. The van der Waals surface area contributed by atoms with Gasteiger partial charge in [-0.3, -0.25) is 0 Å². The molecule has 14 heavy (non-hydrogen) atoms. The Morgan fingerprint density at radius 1 is 1.43 bits per heavy atom. The topological polar surface area (TPSA) is 26.0 Å². The van der Waals surface area contributed by atoms with E-state index in [1.165, 1.54) is 16.7 Å². The summed E-state index contributed by atoms with van der Waals surface area (Å²) in [6.07, 6.45) is 6.67. The van der Waals surface area contributed by atoms with E-state index in [0.29, 0.717) is 5.92 Å². The van der Waals surface area contributed by atoms with Gasteiger partial charge in [0.05, 0.1) is 0 Å². The number of fused-ring (bicyclic) bond motifs is 1. The molecular weight excluding hydrogens is 170 g/mol. The van der Waals surface area contributed by atoms with Gasteiger partial charge in [-0.2, -0.15) is 0 Å². The number of hydrogen-bond donors (Lipinski definition) is 1. The minimum absolute atomic E-state index is 0.537. The Labute approximate surface area is 85.6 Å². The molecule has 1 aromatic rings. The minimum atomic E-state index is 0.537. The van der Waals surface area contributed by atoms with Crippen molar-refractivity contribution in [3.8, 4) is 0 Å². The highest BCUT2D eigenvalue weighted by atomic mass is 14.5. The van der Waals surface area contributed by atoms with E-state index in [0.717, 1.165) is 19.4 Å². The number of benzene rings is 1. The van der Waals surface area contributed by atoms with Crippen LogP contribution in [0.1, 0.15) is 23.6 Å². The molecule has 1 atom stereocenters. The van der Waals surface area contributed by atoms with E-state index < -0.39 is 0 Å². The second-order valence-corrected chi connectivity index (χ2v) is 3.95. The standard InChI is InChI=1S/C13H17N/c1-2-10-3-5-13-8-11(9-14)4-6-12(13)7-10/h3-7,11H,2,8-9,14H2,1H3. The molecule has 0 fully saturated rings. The van der Waals surface area contributed by atoms with Gasteiger partial charge in [0.2, 0.25) is 0 Å². The molecule has 1 heteroatoms. The molecule has 1 nitrogen and oxygen atoms in total. The van der Waals surface area contributed by atoms with E-state index >= 15 is 0 Å². The van der Waals surface area contributed by atoms with Gasteiger partial charge in [-0.05, 0) is 42.0 Å². The molecular formula is C13H17N. The SMILES string of the molecule is CCc1ccc2c(c1)C=CC(CN)C2. The zero-order valence-electron chi connectivity index (χ0n) is 8.66. The van der Waals surface area contributed by atoms with Crippen molar-refractivity contribution in [1.29, 1.82) is 0 Å². The third-order valence-corrected chi connectivity index (χ3v) is 2.95. The van der Waals surface area contributed by atoms with Crippen molar-refractivity contribution in [3.63, 3.8) is 0 Å². The van der Waals surface area contributed by atoms with E-state index in [1.54, 1.807) is 0 Å². The molecule has 2 rings (SSSR count). The first-order valence-corrected chi connectivity index (χ1v) is 5.33. The third-order valence-electron chi connectivity index (χ3n) is 2.95. The predicted molar refractivity (Wildman–Crippen MR) is 61.1 cm³/mol. The molecule has 2 N–H and O–H groups in total. The Kier molecular flexibility index (Phi) is 2.69. The van der Waals surface area contributed by atoms with Crippen LogP contribution < -0.4 is 5.73 Å². The van der Waals surface area contributed by atoms with Crippen LogP contribution in [-0.4, -0.2) is 6.54 Å². The summed E-state index contributed by atoms with van der Waals surface area (Å²) in [5, 5.41) is 0. The fourth-order valence-corrected chi connectivity index (χ4v) is 1.96. The fraction of sp³-hybridized carbons (Fsp3) is 0.385. The molecule has 0 heterocycles. The Bertz CT molecular complexity index is 352. The largest absolute Gasteiger partial charge is 0.330 e. The van der Waals surface area contributed by atoms with Gasteiger partial charge < -0.3 is 5.73 Å².